The molecule has 1 amide bonds. The van der Waals surface area contributed by atoms with Gasteiger partial charge in [-0.25, -0.2) is 9.18 Å². The first-order valence-corrected chi connectivity index (χ1v) is 13.6. The van der Waals surface area contributed by atoms with Crippen molar-refractivity contribution in [1.29, 1.82) is 0 Å². The maximum Gasteiger partial charge on any atom is 0.341 e. The molecule has 1 saturated heterocycles. The van der Waals surface area contributed by atoms with E-state index in [-0.39, 0.29) is 35.5 Å². The van der Waals surface area contributed by atoms with Crippen LogP contribution in [0.15, 0.2) is 23.1 Å². The maximum atomic E-state index is 15.1. The lowest BCUT2D eigenvalue weighted by Crippen LogP contribution is -2.50. The summed E-state index contributed by atoms with van der Waals surface area (Å²) in [6.07, 6.45) is 9.80. The lowest BCUT2D eigenvalue weighted by molar-refractivity contribution is -0.152. The van der Waals surface area contributed by atoms with Crippen LogP contribution in [0.2, 0.25) is 0 Å². The third-order valence-corrected chi connectivity index (χ3v) is 7.34. The standard InChI is InChI=1S/C28H36FN3O6/c1-2-3-4-5-6-7-8-26(34)38-18-25(33)31-13-11-30(12-14-31)24-16-23-20(15-22(24)29)27(35)21(28(36)37)17-32(23)19-9-10-19/h15-17,19H,2-14,18H2,1H3,(H,36,37). The zero-order valence-electron chi connectivity index (χ0n) is 21.9. The summed E-state index contributed by atoms with van der Waals surface area (Å²) in [4.78, 5) is 52.2. The number of carboxylic acids is 1. The molecule has 1 aliphatic heterocycles. The Kier molecular flexibility index (Phi) is 9.01. The number of fused-ring (bicyclic) bond motifs is 1. The predicted octanol–water partition coefficient (Wildman–Crippen LogP) is 4.12. The normalized spacial score (nSPS) is 15.6. The first-order valence-electron chi connectivity index (χ1n) is 13.6. The number of carbonyl (C=O) groups is 3. The highest BCUT2D eigenvalue weighted by Crippen LogP contribution is 2.38. The van der Waals surface area contributed by atoms with E-state index in [4.69, 9.17) is 4.74 Å². The number of unbranched alkanes of at least 4 members (excludes halogenated alkanes) is 5. The van der Waals surface area contributed by atoms with Gasteiger partial charge in [0.15, 0.2) is 6.61 Å². The van der Waals surface area contributed by atoms with E-state index in [1.54, 1.807) is 15.5 Å². The topological polar surface area (TPSA) is 109 Å². The molecule has 2 heterocycles. The summed E-state index contributed by atoms with van der Waals surface area (Å²) in [6.45, 7) is 3.31. The third-order valence-electron chi connectivity index (χ3n) is 7.34. The van der Waals surface area contributed by atoms with Gasteiger partial charge in [0.2, 0.25) is 5.43 Å². The van der Waals surface area contributed by atoms with Crippen molar-refractivity contribution < 1.29 is 28.6 Å². The van der Waals surface area contributed by atoms with Gasteiger partial charge in [0, 0.05) is 50.2 Å². The lowest BCUT2D eigenvalue weighted by atomic mass is 10.1. The first kappa shape index (κ1) is 27.6. The fourth-order valence-corrected chi connectivity index (χ4v) is 4.96. The number of hydrogen-bond donors (Lipinski definition) is 1. The lowest BCUT2D eigenvalue weighted by Gasteiger charge is -2.36. The third kappa shape index (κ3) is 6.52. The van der Waals surface area contributed by atoms with Crippen molar-refractivity contribution in [2.45, 2.75) is 70.8 Å². The number of esters is 1. The number of ether oxygens (including phenoxy) is 1. The Morgan fingerprint density at radius 3 is 2.37 bits per heavy atom. The van der Waals surface area contributed by atoms with Gasteiger partial charge in [0.25, 0.3) is 5.91 Å². The molecule has 2 aromatic rings. The molecule has 38 heavy (non-hydrogen) atoms. The van der Waals surface area contributed by atoms with Gasteiger partial charge in [-0.3, -0.25) is 14.4 Å². The molecule has 2 fully saturated rings. The highest BCUT2D eigenvalue weighted by atomic mass is 19.1. The molecule has 1 saturated carbocycles. The number of aromatic nitrogens is 1. The minimum Gasteiger partial charge on any atom is -0.477 e. The Morgan fingerprint density at radius 1 is 1.03 bits per heavy atom. The Bertz CT molecular complexity index is 1250. The van der Waals surface area contributed by atoms with Crippen LogP contribution in [0.4, 0.5) is 10.1 Å². The van der Waals surface area contributed by atoms with E-state index in [9.17, 15) is 24.3 Å². The SMILES string of the molecule is CCCCCCCCC(=O)OCC(=O)N1CCN(c2cc3c(cc2F)c(=O)c(C(=O)O)cn3C2CC2)CC1. The Morgan fingerprint density at radius 2 is 1.71 bits per heavy atom. The first-order chi connectivity index (χ1) is 18.3. The Labute approximate surface area is 221 Å². The van der Waals surface area contributed by atoms with Gasteiger partial charge >= 0.3 is 11.9 Å². The van der Waals surface area contributed by atoms with E-state index >= 15 is 4.39 Å². The van der Waals surface area contributed by atoms with Crippen molar-refractivity contribution in [2.24, 2.45) is 0 Å². The summed E-state index contributed by atoms with van der Waals surface area (Å²) in [6, 6.07) is 2.82. The molecule has 2 aliphatic rings. The van der Waals surface area contributed by atoms with Crippen LogP contribution in [-0.4, -0.2) is 65.2 Å². The van der Waals surface area contributed by atoms with Crippen molar-refractivity contribution in [2.75, 3.05) is 37.7 Å². The van der Waals surface area contributed by atoms with E-state index in [1.807, 2.05) is 4.90 Å². The minimum absolute atomic E-state index is 0.0506. The van der Waals surface area contributed by atoms with Crippen LogP contribution in [0.1, 0.15) is 81.1 Å². The number of carbonyl (C=O) groups excluding carboxylic acids is 2. The minimum atomic E-state index is -1.33. The average molecular weight is 530 g/mol. The van der Waals surface area contributed by atoms with E-state index in [2.05, 4.69) is 6.92 Å². The molecule has 0 atom stereocenters. The number of pyridine rings is 1. The van der Waals surface area contributed by atoms with Crippen molar-refractivity contribution >= 4 is 34.4 Å². The number of carboxylic acid groups (broad SMARTS) is 1. The van der Waals surface area contributed by atoms with Crippen LogP contribution in [0.3, 0.4) is 0 Å². The van der Waals surface area contributed by atoms with Crippen LogP contribution in [-0.2, 0) is 14.3 Å². The molecule has 1 aromatic carbocycles. The molecular formula is C28H36FN3O6. The summed E-state index contributed by atoms with van der Waals surface area (Å²) in [7, 11) is 0. The smallest absolute Gasteiger partial charge is 0.341 e. The van der Waals surface area contributed by atoms with Crippen LogP contribution >= 0.6 is 0 Å². The second-order valence-corrected chi connectivity index (χ2v) is 10.2. The largest absolute Gasteiger partial charge is 0.477 e. The summed E-state index contributed by atoms with van der Waals surface area (Å²) in [5.74, 6) is -2.57. The van der Waals surface area contributed by atoms with Gasteiger partial charge in [-0.15, -0.1) is 0 Å². The molecule has 1 aromatic heterocycles. The van der Waals surface area contributed by atoms with Gasteiger partial charge in [0.1, 0.15) is 11.4 Å². The summed E-state index contributed by atoms with van der Waals surface area (Å²) in [5.41, 5.74) is -0.242. The molecule has 0 spiro atoms. The average Bonchev–Trinajstić information content (AvgIpc) is 3.75. The number of benzene rings is 1. The second-order valence-electron chi connectivity index (χ2n) is 10.2. The van der Waals surface area contributed by atoms with Gasteiger partial charge in [0.05, 0.1) is 11.2 Å². The monoisotopic (exact) mass is 529 g/mol. The second kappa shape index (κ2) is 12.4. The molecule has 206 valence electrons. The van der Waals surface area contributed by atoms with Gasteiger partial charge in [-0.1, -0.05) is 39.0 Å². The van der Waals surface area contributed by atoms with E-state index < -0.39 is 17.2 Å². The fourth-order valence-electron chi connectivity index (χ4n) is 4.96. The van der Waals surface area contributed by atoms with Gasteiger partial charge in [-0.05, 0) is 31.4 Å². The number of aromatic carboxylic acids is 1. The van der Waals surface area contributed by atoms with E-state index in [1.165, 1.54) is 25.5 Å². The van der Waals surface area contributed by atoms with Gasteiger partial charge < -0.3 is 24.2 Å². The molecule has 1 aliphatic carbocycles. The zero-order chi connectivity index (χ0) is 27.2. The fraction of sp³-hybridized carbons (Fsp3) is 0.571. The molecular weight excluding hydrogens is 493 g/mol. The Balaban J connectivity index is 1.34. The number of halogens is 1. The van der Waals surface area contributed by atoms with E-state index in [0.717, 1.165) is 38.2 Å². The van der Waals surface area contributed by atoms with Crippen LogP contribution in [0, 0.1) is 5.82 Å². The summed E-state index contributed by atoms with van der Waals surface area (Å²) >= 11 is 0. The van der Waals surface area contributed by atoms with Crippen molar-refractivity contribution in [1.82, 2.24) is 9.47 Å². The highest BCUT2D eigenvalue weighted by Gasteiger charge is 2.29. The molecule has 1 N–H and O–H groups in total. The van der Waals surface area contributed by atoms with Crippen molar-refractivity contribution in [3.8, 4) is 0 Å². The van der Waals surface area contributed by atoms with E-state index in [0.29, 0.717) is 43.8 Å². The number of rotatable bonds is 12. The zero-order valence-corrected chi connectivity index (χ0v) is 21.9. The summed E-state index contributed by atoms with van der Waals surface area (Å²) < 4.78 is 22.1. The molecule has 0 radical (unpaired) electrons. The maximum absolute atomic E-state index is 15.1. The van der Waals surface area contributed by atoms with Crippen LogP contribution < -0.4 is 10.3 Å². The van der Waals surface area contributed by atoms with Crippen LogP contribution in [0.25, 0.3) is 10.9 Å². The number of hydrogen-bond acceptors (Lipinski definition) is 6. The Hall–Kier alpha value is -3.43. The number of anilines is 1. The van der Waals surface area contributed by atoms with Crippen molar-refractivity contribution in [3.05, 3.63) is 39.9 Å². The number of nitrogens with zero attached hydrogens (tertiary/aromatic N) is 3. The van der Waals surface area contributed by atoms with Crippen LogP contribution in [0.5, 0.6) is 0 Å². The number of amides is 1. The number of piperazine rings is 1. The highest BCUT2D eigenvalue weighted by molar-refractivity contribution is 5.93. The molecule has 10 heteroatoms. The molecule has 9 nitrogen and oxygen atoms in total. The van der Waals surface area contributed by atoms with Gasteiger partial charge in [-0.2, -0.15) is 0 Å². The van der Waals surface area contributed by atoms with Crippen molar-refractivity contribution in [3.63, 3.8) is 0 Å². The quantitative estimate of drug-likeness (QED) is 0.325. The molecule has 0 bridgehead atoms. The predicted molar refractivity (Wildman–Crippen MR) is 141 cm³/mol. The molecule has 0 unspecified atom stereocenters. The molecule has 4 rings (SSSR count). The summed E-state index contributed by atoms with van der Waals surface area (Å²) in [5, 5.41) is 9.47.